The first-order valence-corrected chi connectivity index (χ1v) is 14.4. The molecule has 4 rings (SSSR count). The summed E-state index contributed by atoms with van der Waals surface area (Å²) in [5.41, 5.74) is 9.37. The van der Waals surface area contributed by atoms with Gasteiger partial charge in [0, 0.05) is 65.6 Å². The van der Waals surface area contributed by atoms with Gasteiger partial charge in [0.2, 0.25) is 0 Å². The van der Waals surface area contributed by atoms with E-state index < -0.39 is 16.2 Å². The van der Waals surface area contributed by atoms with E-state index >= 15 is 0 Å². The number of anilines is 4. The van der Waals surface area contributed by atoms with Crippen molar-refractivity contribution in [2.24, 2.45) is 11.1 Å². The Kier molecular flexibility index (Phi) is 8.57. The first-order chi connectivity index (χ1) is 18.3. The summed E-state index contributed by atoms with van der Waals surface area (Å²) in [6.07, 6.45) is 1.47. The van der Waals surface area contributed by atoms with E-state index in [2.05, 4.69) is 51.8 Å². The van der Waals surface area contributed by atoms with Gasteiger partial charge in [-0.1, -0.05) is 42.4 Å². The highest BCUT2D eigenvalue weighted by atomic mass is 32.3. The van der Waals surface area contributed by atoms with E-state index in [0.717, 1.165) is 47.3 Å². The number of hydrogen-bond donors (Lipinski definition) is 3. The number of primary amides is 1. The third kappa shape index (κ3) is 6.10. The molecule has 0 spiro atoms. The standard InChI is InChI=1S/C27H34N6O4S/c1-19(2)38(37-32-35)14-12-33(13-15-38)22-10-8-21(9-11-22)31-26-16-24(23(18-30-26)27(28)34)29-17-20-6-4-5-7-25(20)36-3/h4-11,16,18-19H,12-15,17H2,1-3H3,(H2,28,34)(H2,29,30,31). The van der Waals surface area contributed by atoms with Gasteiger partial charge in [0.15, 0.2) is 5.34 Å². The Hall–Kier alpha value is -3.99. The Balaban J connectivity index is 1.43. The minimum absolute atomic E-state index is 0.288. The van der Waals surface area contributed by atoms with Gasteiger partial charge in [-0.3, -0.25) is 4.79 Å². The van der Waals surface area contributed by atoms with E-state index in [1.54, 1.807) is 13.2 Å². The van der Waals surface area contributed by atoms with Crippen molar-refractivity contribution in [1.29, 1.82) is 0 Å². The number of carbonyl (C=O) groups excluding carboxylic acids is 1. The van der Waals surface area contributed by atoms with Gasteiger partial charge >= 0.3 is 0 Å². The van der Waals surface area contributed by atoms with Crippen molar-refractivity contribution in [3.8, 4) is 5.75 Å². The molecule has 10 nitrogen and oxygen atoms in total. The molecule has 1 saturated heterocycles. The van der Waals surface area contributed by atoms with Crippen LogP contribution in [0.25, 0.3) is 0 Å². The molecule has 0 aliphatic carbocycles. The molecular weight excluding hydrogens is 504 g/mol. The number of nitrogens with one attached hydrogen (secondary N) is 2. The fourth-order valence-electron chi connectivity index (χ4n) is 4.50. The largest absolute Gasteiger partial charge is 0.496 e. The molecule has 3 aromatic rings. The quantitative estimate of drug-likeness (QED) is 0.225. The monoisotopic (exact) mass is 538 g/mol. The third-order valence-corrected chi connectivity index (χ3v) is 10.6. The van der Waals surface area contributed by atoms with E-state index in [4.69, 9.17) is 14.8 Å². The van der Waals surface area contributed by atoms with Crippen LogP contribution in [0.4, 0.5) is 22.9 Å². The number of methoxy groups -OCH3 is 1. The maximum atomic E-state index is 12.0. The van der Waals surface area contributed by atoms with Gasteiger partial charge in [-0.2, -0.15) is 0 Å². The predicted molar refractivity (Wildman–Crippen MR) is 154 cm³/mol. The summed E-state index contributed by atoms with van der Waals surface area (Å²) in [4.78, 5) is 29.5. The van der Waals surface area contributed by atoms with Crippen molar-refractivity contribution in [2.75, 3.05) is 47.2 Å². The molecule has 0 radical (unpaired) electrons. The van der Waals surface area contributed by atoms with E-state index in [1.807, 2.05) is 36.4 Å². The molecule has 38 heavy (non-hydrogen) atoms. The molecule has 1 aromatic heterocycles. The van der Waals surface area contributed by atoms with Crippen molar-refractivity contribution in [2.45, 2.75) is 25.6 Å². The van der Waals surface area contributed by atoms with Crippen LogP contribution in [0.3, 0.4) is 0 Å². The Morgan fingerprint density at radius 1 is 1.16 bits per heavy atom. The number of para-hydroxylation sites is 1. The van der Waals surface area contributed by atoms with Crippen molar-refractivity contribution >= 4 is 39.1 Å². The van der Waals surface area contributed by atoms with Crippen molar-refractivity contribution in [3.05, 3.63) is 76.8 Å². The molecule has 0 unspecified atom stereocenters. The van der Waals surface area contributed by atoms with Crippen LogP contribution in [-0.4, -0.2) is 47.8 Å². The Morgan fingerprint density at radius 2 is 1.87 bits per heavy atom. The molecule has 1 amide bonds. The number of rotatable bonds is 11. The van der Waals surface area contributed by atoms with Gasteiger partial charge in [0.25, 0.3) is 5.91 Å². The molecule has 1 fully saturated rings. The minimum atomic E-state index is -1.48. The molecule has 202 valence electrons. The molecule has 1 aliphatic heterocycles. The highest BCUT2D eigenvalue weighted by molar-refractivity contribution is 8.30. The van der Waals surface area contributed by atoms with Crippen LogP contribution in [0.2, 0.25) is 0 Å². The average Bonchev–Trinajstić information content (AvgIpc) is 2.93. The number of aromatic nitrogens is 1. The third-order valence-electron chi connectivity index (χ3n) is 6.79. The molecule has 2 heterocycles. The summed E-state index contributed by atoms with van der Waals surface area (Å²) in [5.74, 6) is 2.40. The van der Waals surface area contributed by atoms with Crippen molar-refractivity contribution in [1.82, 2.24) is 4.98 Å². The smallest absolute Gasteiger partial charge is 0.252 e. The molecule has 11 heteroatoms. The second kappa shape index (κ2) is 12.0. The first kappa shape index (κ1) is 27.1. The summed E-state index contributed by atoms with van der Waals surface area (Å²) >= 11 is 0. The maximum absolute atomic E-state index is 12.0. The summed E-state index contributed by atoms with van der Waals surface area (Å²) in [5, 5.41) is 9.65. The topological polar surface area (TPSA) is 131 Å². The number of amides is 1. The number of ether oxygens (including phenoxy) is 1. The Morgan fingerprint density at radius 3 is 2.50 bits per heavy atom. The van der Waals surface area contributed by atoms with E-state index in [-0.39, 0.29) is 5.25 Å². The van der Waals surface area contributed by atoms with Crippen molar-refractivity contribution in [3.63, 3.8) is 0 Å². The molecule has 0 bridgehead atoms. The summed E-state index contributed by atoms with van der Waals surface area (Å²) in [6.45, 7) is 6.27. The van der Waals surface area contributed by atoms with Gasteiger partial charge in [-0.05, 0) is 30.3 Å². The maximum Gasteiger partial charge on any atom is 0.252 e. The normalized spacial score (nSPS) is 15.4. The molecule has 0 saturated carbocycles. The Bertz CT molecular complexity index is 1260. The summed E-state index contributed by atoms with van der Waals surface area (Å²) < 4.78 is 10.8. The molecule has 2 aromatic carbocycles. The van der Waals surface area contributed by atoms with E-state index in [1.165, 1.54) is 6.20 Å². The molecule has 1 aliphatic rings. The van der Waals surface area contributed by atoms with Crippen LogP contribution in [-0.2, 0) is 10.8 Å². The lowest BCUT2D eigenvalue weighted by molar-refractivity contribution is 0.100. The van der Waals surface area contributed by atoms with Crippen LogP contribution < -0.4 is 26.0 Å². The number of hydrogen-bond acceptors (Lipinski definition) is 9. The van der Waals surface area contributed by atoms with Gasteiger partial charge in [0.1, 0.15) is 11.6 Å². The van der Waals surface area contributed by atoms with Gasteiger partial charge in [0.05, 0.1) is 18.4 Å². The second-order valence-electron chi connectivity index (χ2n) is 9.28. The highest BCUT2D eigenvalue weighted by Gasteiger charge is 2.35. The first-order valence-electron chi connectivity index (χ1n) is 12.4. The zero-order valence-corrected chi connectivity index (χ0v) is 22.7. The average molecular weight is 539 g/mol. The van der Waals surface area contributed by atoms with Crippen LogP contribution in [0.15, 0.2) is 66.1 Å². The predicted octanol–water partition coefficient (Wildman–Crippen LogP) is 5.19. The molecular formula is C27H34N6O4S. The zero-order chi connectivity index (χ0) is 27.1. The minimum Gasteiger partial charge on any atom is -0.496 e. The molecule has 4 N–H and O–H groups in total. The van der Waals surface area contributed by atoms with Gasteiger partial charge < -0.3 is 30.3 Å². The van der Waals surface area contributed by atoms with Gasteiger partial charge in [-0.25, -0.2) is 4.98 Å². The molecule has 0 atom stereocenters. The highest BCUT2D eigenvalue weighted by Crippen LogP contribution is 2.55. The lowest BCUT2D eigenvalue weighted by Crippen LogP contribution is -2.41. The van der Waals surface area contributed by atoms with Crippen LogP contribution in [0.5, 0.6) is 5.75 Å². The van der Waals surface area contributed by atoms with E-state index in [0.29, 0.717) is 23.6 Å². The summed E-state index contributed by atoms with van der Waals surface area (Å²) in [6, 6.07) is 17.5. The number of nitrogens with two attached hydrogens (primary N) is 1. The number of benzene rings is 2. The Labute approximate surface area is 224 Å². The fourth-order valence-corrected chi connectivity index (χ4v) is 7.15. The zero-order valence-electron chi connectivity index (χ0n) is 21.8. The number of pyridine rings is 1. The summed E-state index contributed by atoms with van der Waals surface area (Å²) in [7, 11) is 0.141. The SMILES string of the molecule is COc1ccccc1CNc1cc(Nc2ccc(N3CCS(ON=O)(C(C)C)CC3)cc2)ncc1C(N)=O. The lowest BCUT2D eigenvalue weighted by atomic mass is 10.1. The lowest BCUT2D eigenvalue weighted by Gasteiger charge is -2.46. The van der Waals surface area contributed by atoms with Gasteiger partial charge in [-0.15, -0.1) is 4.91 Å². The van der Waals surface area contributed by atoms with Crippen molar-refractivity contribution < 1.29 is 13.8 Å². The second-order valence-corrected chi connectivity index (χ2v) is 12.9. The van der Waals surface area contributed by atoms with Crippen LogP contribution >= 0.6 is 10.3 Å². The fraction of sp³-hybridized carbons (Fsp3) is 0.333. The van der Waals surface area contributed by atoms with E-state index in [9.17, 15) is 9.70 Å². The van der Waals surface area contributed by atoms with Crippen LogP contribution in [0.1, 0.15) is 29.8 Å². The van der Waals surface area contributed by atoms with Crippen LogP contribution in [0, 0.1) is 4.91 Å². The number of nitrogens with zero attached hydrogens (tertiary/aromatic N) is 3. The number of carbonyl (C=O) groups is 1.